The number of fused-ring (bicyclic) bond motifs is 1. The van der Waals surface area contributed by atoms with Gasteiger partial charge in [0.1, 0.15) is 5.69 Å². The lowest BCUT2D eigenvalue weighted by molar-refractivity contribution is 0.0438. The minimum absolute atomic E-state index is 0.174. The lowest BCUT2D eigenvalue weighted by Crippen LogP contribution is -2.33. The highest BCUT2D eigenvalue weighted by atomic mass is 16.3. The Hall–Kier alpha value is -1.85. The number of amides is 1. The molecule has 0 saturated heterocycles. The van der Waals surface area contributed by atoms with Crippen LogP contribution in [0.4, 0.5) is 0 Å². The average Bonchev–Trinajstić information content (AvgIpc) is 3.15. The molecule has 0 bridgehead atoms. The summed E-state index contributed by atoms with van der Waals surface area (Å²) in [7, 11) is 0. The summed E-state index contributed by atoms with van der Waals surface area (Å²) in [6, 6.07) is 7.89. The number of carbonyl (C=O) groups is 1. The molecule has 4 N–H and O–H groups in total. The number of rotatable bonds is 3. The van der Waals surface area contributed by atoms with Crippen molar-refractivity contribution in [1.29, 1.82) is 0 Å². The Morgan fingerprint density at radius 3 is 2.59 bits per heavy atom. The number of carbonyl (C=O) groups excluding carboxylic acids is 1. The molecule has 2 fully saturated rings. The Labute approximate surface area is 128 Å². The van der Waals surface area contributed by atoms with Crippen LogP contribution in [0.2, 0.25) is 0 Å². The molecule has 5 heteroatoms. The fraction of sp³-hybridized carbons (Fsp3) is 0.471. The summed E-state index contributed by atoms with van der Waals surface area (Å²) >= 11 is 0. The van der Waals surface area contributed by atoms with Crippen LogP contribution in [0.5, 0.6) is 0 Å². The molecular formula is C17H20N2O3. The summed E-state index contributed by atoms with van der Waals surface area (Å²) in [5.41, 5.74) is 2.85. The number of aliphatic hydroxyl groups excluding tert-OH is 2. The predicted octanol–water partition coefficient (Wildman–Crippen LogP) is 1.66. The molecule has 1 unspecified atom stereocenters. The molecule has 0 radical (unpaired) electrons. The van der Waals surface area contributed by atoms with E-state index in [1.54, 1.807) is 0 Å². The van der Waals surface area contributed by atoms with Crippen LogP contribution in [0.3, 0.4) is 0 Å². The van der Waals surface area contributed by atoms with E-state index in [1.807, 2.05) is 18.2 Å². The normalized spacial score (nSPS) is 28.2. The summed E-state index contributed by atoms with van der Waals surface area (Å²) in [6.45, 7) is 0. The van der Waals surface area contributed by atoms with E-state index in [2.05, 4.69) is 16.4 Å². The molecule has 116 valence electrons. The lowest BCUT2D eigenvalue weighted by Gasteiger charge is -2.10. The van der Waals surface area contributed by atoms with E-state index in [1.165, 1.54) is 18.4 Å². The van der Waals surface area contributed by atoms with E-state index in [9.17, 15) is 15.0 Å². The first kappa shape index (κ1) is 13.8. The number of aromatic amines is 1. The van der Waals surface area contributed by atoms with E-state index < -0.39 is 12.2 Å². The van der Waals surface area contributed by atoms with E-state index in [0.29, 0.717) is 24.5 Å². The number of H-pyrrole nitrogens is 1. The van der Waals surface area contributed by atoms with Gasteiger partial charge in [0.2, 0.25) is 0 Å². The van der Waals surface area contributed by atoms with Gasteiger partial charge in [-0.3, -0.25) is 4.79 Å². The van der Waals surface area contributed by atoms with E-state index in [-0.39, 0.29) is 11.9 Å². The first-order chi connectivity index (χ1) is 10.6. The first-order valence-corrected chi connectivity index (χ1v) is 7.90. The van der Waals surface area contributed by atoms with Crippen molar-refractivity contribution < 1.29 is 15.0 Å². The van der Waals surface area contributed by atoms with Crippen molar-refractivity contribution in [2.75, 3.05) is 0 Å². The van der Waals surface area contributed by atoms with Gasteiger partial charge in [0.15, 0.2) is 0 Å². The molecule has 2 saturated carbocycles. The second kappa shape index (κ2) is 5.11. The number of hydrogen-bond donors (Lipinski definition) is 4. The molecular weight excluding hydrogens is 280 g/mol. The second-order valence-corrected chi connectivity index (χ2v) is 6.54. The van der Waals surface area contributed by atoms with Crippen LogP contribution in [0.15, 0.2) is 24.3 Å². The molecule has 1 aromatic carbocycles. The van der Waals surface area contributed by atoms with Gasteiger partial charge < -0.3 is 20.5 Å². The van der Waals surface area contributed by atoms with Crippen LogP contribution in [0.1, 0.15) is 47.7 Å². The minimum atomic E-state index is -0.741. The third-order valence-electron chi connectivity index (χ3n) is 4.79. The first-order valence-electron chi connectivity index (χ1n) is 7.90. The van der Waals surface area contributed by atoms with Crippen LogP contribution in [-0.4, -0.2) is 39.4 Å². The quantitative estimate of drug-likeness (QED) is 0.695. The van der Waals surface area contributed by atoms with E-state index in [4.69, 9.17) is 0 Å². The number of aliphatic hydroxyl groups is 2. The summed E-state index contributed by atoms with van der Waals surface area (Å²) in [5.74, 6) is 0.458. The molecule has 1 amide bonds. The molecule has 22 heavy (non-hydrogen) atoms. The fourth-order valence-corrected chi connectivity index (χ4v) is 3.43. The maximum Gasteiger partial charge on any atom is 0.267 e. The van der Waals surface area contributed by atoms with Crippen molar-refractivity contribution in [3.8, 4) is 0 Å². The molecule has 0 spiro atoms. The van der Waals surface area contributed by atoms with Gasteiger partial charge >= 0.3 is 0 Å². The third kappa shape index (κ3) is 2.40. The Bertz CT molecular complexity index is 710. The third-order valence-corrected chi connectivity index (χ3v) is 4.79. The molecule has 4 rings (SSSR count). The van der Waals surface area contributed by atoms with Crippen LogP contribution in [-0.2, 0) is 0 Å². The van der Waals surface area contributed by atoms with Crippen molar-refractivity contribution in [1.82, 2.24) is 10.3 Å². The highest BCUT2D eigenvalue weighted by molar-refractivity contribution is 5.99. The molecule has 1 heterocycles. The van der Waals surface area contributed by atoms with Gasteiger partial charge in [0.05, 0.1) is 12.2 Å². The van der Waals surface area contributed by atoms with Crippen molar-refractivity contribution in [2.24, 2.45) is 0 Å². The van der Waals surface area contributed by atoms with Crippen molar-refractivity contribution in [2.45, 2.75) is 49.9 Å². The van der Waals surface area contributed by atoms with Gasteiger partial charge in [0, 0.05) is 16.9 Å². The Kier molecular flexibility index (Phi) is 3.20. The highest BCUT2D eigenvalue weighted by Crippen LogP contribution is 2.43. The molecule has 5 nitrogen and oxygen atoms in total. The number of hydrogen-bond acceptors (Lipinski definition) is 3. The van der Waals surface area contributed by atoms with Gasteiger partial charge in [-0.2, -0.15) is 0 Å². The Morgan fingerprint density at radius 2 is 1.91 bits per heavy atom. The highest BCUT2D eigenvalue weighted by Gasteiger charge is 2.32. The van der Waals surface area contributed by atoms with Gasteiger partial charge in [-0.25, -0.2) is 0 Å². The van der Waals surface area contributed by atoms with Gasteiger partial charge in [-0.05, 0) is 49.3 Å². The van der Waals surface area contributed by atoms with Gasteiger partial charge in [0.25, 0.3) is 5.91 Å². The zero-order chi connectivity index (χ0) is 15.3. The molecule has 1 aromatic heterocycles. The molecule has 2 aliphatic carbocycles. The zero-order valence-electron chi connectivity index (χ0n) is 12.2. The maximum absolute atomic E-state index is 12.4. The van der Waals surface area contributed by atoms with Gasteiger partial charge in [-0.15, -0.1) is 0 Å². The van der Waals surface area contributed by atoms with Crippen molar-refractivity contribution in [3.63, 3.8) is 0 Å². The number of benzene rings is 1. The zero-order valence-corrected chi connectivity index (χ0v) is 12.2. The molecule has 3 atom stereocenters. The second-order valence-electron chi connectivity index (χ2n) is 6.54. The fourth-order valence-electron chi connectivity index (χ4n) is 3.43. The molecule has 2 aliphatic rings. The van der Waals surface area contributed by atoms with Crippen molar-refractivity contribution in [3.05, 3.63) is 35.5 Å². The predicted molar refractivity (Wildman–Crippen MR) is 82.8 cm³/mol. The maximum atomic E-state index is 12.4. The average molecular weight is 300 g/mol. The minimum Gasteiger partial charge on any atom is -0.390 e. The molecule has 2 aromatic rings. The van der Waals surface area contributed by atoms with Crippen molar-refractivity contribution >= 4 is 16.8 Å². The number of aromatic nitrogens is 1. The summed E-state index contributed by atoms with van der Waals surface area (Å²) in [6.07, 6.45) is 1.78. The van der Waals surface area contributed by atoms with Crippen LogP contribution < -0.4 is 5.32 Å². The number of nitrogens with one attached hydrogen (secondary N) is 2. The largest absolute Gasteiger partial charge is 0.390 e. The smallest absolute Gasteiger partial charge is 0.267 e. The topological polar surface area (TPSA) is 85.3 Å². The Morgan fingerprint density at radius 1 is 1.18 bits per heavy atom. The van der Waals surface area contributed by atoms with E-state index in [0.717, 1.165) is 10.9 Å². The summed E-state index contributed by atoms with van der Waals surface area (Å²) in [5, 5.41) is 23.1. The SMILES string of the molecule is O=C(NC1C[C@@H](O)[C@@H](O)C1)c1cc2c(C3CC3)cccc2[nH]1. The standard InChI is InChI=1S/C17H20N2O3/c20-15-6-10(7-16(15)21)18-17(22)14-8-12-11(9-4-5-9)2-1-3-13(12)19-14/h1-3,8-10,15-16,19-21H,4-7H2,(H,18,22)/t10?,15-,16+. The van der Waals surface area contributed by atoms with Gasteiger partial charge in [-0.1, -0.05) is 12.1 Å². The monoisotopic (exact) mass is 300 g/mol. The molecule has 0 aliphatic heterocycles. The summed E-state index contributed by atoms with van der Waals surface area (Å²) in [4.78, 5) is 15.6. The summed E-state index contributed by atoms with van der Waals surface area (Å²) < 4.78 is 0. The van der Waals surface area contributed by atoms with Crippen LogP contribution in [0.25, 0.3) is 10.9 Å². The van der Waals surface area contributed by atoms with Crippen LogP contribution in [0, 0.1) is 0 Å². The Balaban J connectivity index is 1.56. The lowest BCUT2D eigenvalue weighted by atomic mass is 10.1. The van der Waals surface area contributed by atoms with E-state index >= 15 is 0 Å². The van der Waals surface area contributed by atoms with Crippen LogP contribution >= 0.6 is 0 Å².